The van der Waals surface area contributed by atoms with Crippen molar-refractivity contribution < 1.29 is 4.79 Å². The van der Waals surface area contributed by atoms with Gasteiger partial charge in [-0.25, -0.2) is 0 Å². The van der Waals surface area contributed by atoms with Gasteiger partial charge in [0.25, 0.3) is 0 Å². The van der Waals surface area contributed by atoms with Crippen LogP contribution in [0.1, 0.15) is 31.7 Å². The molecule has 2 heterocycles. The maximum atomic E-state index is 12.3. The van der Waals surface area contributed by atoms with Crippen LogP contribution in [0.25, 0.3) is 0 Å². The topological polar surface area (TPSA) is 54.0 Å². The molecule has 3 rings (SSSR count). The summed E-state index contributed by atoms with van der Waals surface area (Å²) in [6.45, 7) is 4.21. The van der Waals surface area contributed by atoms with E-state index in [4.69, 9.17) is 0 Å². The van der Waals surface area contributed by atoms with E-state index in [1.807, 2.05) is 12.1 Å². The summed E-state index contributed by atoms with van der Waals surface area (Å²) in [4.78, 5) is 16.4. The van der Waals surface area contributed by atoms with Crippen LogP contribution < -0.4 is 10.6 Å². The highest BCUT2D eigenvalue weighted by atomic mass is 16.2. The first kappa shape index (κ1) is 13.6. The van der Waals surface area contributed by atoms with Crippen molar-refractivity contribution in [3.05, 3.63) is 30.1 Å². The van der Waals surface area contributed by atoms with Gasteiger partial charge in [0.15, 0.2) is 0 Å². The highest BCUT2D eigenvalue weighted by molar-refractivity contribution is 5.82. The molecule has 1 saturated heterocycles. The molecule has 1 aromatic rings. The smallest absolute Gasteiger partial charge is 0.223 e. The molecule has 4 heteroatoms. The van der Waals surface area contributed by atoms with Gasteiger partial charge >= 0.3 is 0 Å². The molecule has 2 unspecified atom stereocenters. The molecule has 0 bridgehead atoms. The third-order valence-electron chi connectivity index (χ3n) is 4.79. The second-order valence-electron chi connectivity index (χ2n) is 6.34. The Kier molecular flexibility index (Phi) is 3.74. The Hall–Kier alpha value is -1.42. The SMILES string of the molecule is CC(Cc1ccncc1)NC(=O)C1CC12CCNCC2. The summed E-state index contributed by atoms with van der Waals surface area (Å²) in [5.41, 5.74) is 1.55. The first-order chi connectivity index (χ1) is 9.70. The van der Waals surface area contributed by atoms with Crippen molar-refractivity contribution in [1.29, 1.82) is 0 Å². The van der Waals surface area contributed by atoms with Crippen molar-refractivity contribution in [3.63, 3.8) is 0 Å². The van der Waals surface area contributed by atoms with Gasteiger partial charge in [-0.2, -0.15) is 0 Å². The molecule has 2 atom stereocenters. The lowest BCUT2D eigenvalue weighted by Crippen LogP contribution is -2.38. The van der Waals surface area contributed by atoms with Crippen LogP contribution >= 0.6 is 0 Å². The largest absolute Gasteiger partial charge is 0.353 e. The predicted octanol–water partition coefficient (Wildman–Crippen LogP) is 1.52. The van der Waals surface area contributed by atoms with Gasteiger partial charge < -0.3 is 10.6 Å². The van der Waals surface area contributed by atoms with Crippen molar-refractivity contribution in [2.24, 2.45) is 11.3 Å². The van der Waals surface area contributed by atoms with Crippen LogP contribution in [0, 0.1) is 11.3 Å². The highest BCUT2D eigenvalue weighted by Gasteiger charge is 2.57. The molecule has 1 amide bonds. The predicted molar refractivity (Wildman–Crippen MR) is 78.2 cm³/mol. The molecule has 1 aliphatic heterocycles. The number of hydrogen-bond donors (Lipinski definition) is 2. The maximum Gasteiger partial charge on any atom is 0.223 e. The monoisotopic (exact) mass is 273 g/mol. The van der Waals surface area contributed by atoms with Crippen LogP contribution in [0.15, 0.2) is 24.5 Å². The number of carbonyl (C=O) groups is 1. The van der Waals surface area contributed by atoms with E-state index in [1.165, 1.54) is 5.56 Å². The molecule has 4 nitrogen and oxygen atoms in total. The van der Waals surface area contributed by atoms with Gasteiger partial charge in [-0.15, -0.1) is 0 Å². The zero-order chi connectivity index (χ0) is 14.0. The summed E-state index contributed by atoms with van der Waals surface area (Å²) in [7, 11) is 0. The fraction of sp³-hybridized carbons (Fsp3) is 0.625. The molecular formula is C16H23N3O. The van der Waals surface area contributed by atoms with Crippen LogP contribution in [0.2, 0.25) is 0 Å². The minimum atomic E-state index is 0.185. The molecular weight excluding hydrogens is 250 g/mol. The van der Waals surface area contributed by atoms with E-state index in [-0.39, 0.29) is 17.9 Å². The number of aromatic nitrogens is 1. The Labute approximate surface area is 120 Å². The zero-order valence-electron chi connectivity index (χ0n) is 12.1. The van der Waals surface area contributed by atoms with E-state index in [0.717, 1.165) is 38.8 Å². The number of carbonyl (C=O) groups excluding carboxylic acids is 1. The van der Waals surface area contributed by atoms with Gasteiger partial charge in [0.2, 0.25) is 5.91 Å². The summed E-state index contributed by atoms with van der Waals surface area (Å²) in [5, 5.41) is 6.56. The van der Waals surface area contributed by atoms with Gasteiger partial charge in [0.05, 0.1) is 0 Å². The molecule has 2 fully saturated rings. The van der Waals surface area contributed by atoms with Gasteiger partial charge in [0, 0.05) is 24.4 Å². The van der Waals surface area contributed by atoms with Crippen LogP contribution in [0.5, 0.6) is 0 Å². The summed E-state index contributed by atoms with van der Waals surface area (Å²) in [6, 6.07) is 4.20. The maximum absolute atomic E-state index is 12.3. The highest BCUT2D eigenvalue weighted by Crippen LogP contribution is 2.58. The normalized spacial score (nSPS) is 25.1. The minimum Gasteiger partial charge on any atom is -0.353 e. The number of rotatable bonds is 4. The average molecular weight is 273 g/mol. The van der Waals surface area contributed by atoms with Gasteiger partial charge in [-0.05, 0) is 68.8 Å². The van der Waals surface area contributed by atoms with Crippen molar-refractivity contribution in [3.8, 4) is 0 Å². The lowest BCUT2D eigenvalue weighted by atomic mass is 9.91. The summed E-state index contributed by atoms with van der Waals surface area (Å²) >= 11 is 0. The molecule has 20 heavy (non-hydrogen) atoms. The van der Waals surface area contributed by atoms with E-state index in [0.29, 0.717) is 5.41 Å². The van der Waals surface area contributed by atoms with Crippen LogP contribution in [-0.2, 0) is 11.2 Å². The molecule has 2 aliphatic rings. The standard InChI is InChI=1S/C16H23N3O/c1-12(10-13-2-6-17-7-3-13)19-15(20)14-11-16(14)4-8-18-9-5-16/h2-3,6-7,12,14,18H,4-5,8-11H2,1H3,(H,19,20). The van der Waals surface area contributed by atoms with E-state index < -0.39 is 0 Å². The quantitative estimate of drug-likeness (QED) is 0.874. The number of amides is 1. The molecule has 0 radical (unpaired) electrons. The minimum absolute atomic E-state index is 0.185. The first-order valence-corrected chi connectivity index (χ1v) is 7.60. The van der Waals surface area contributed by atoms with E-state index in [9.17, 15) is 4.79 Å². The number of nitrogens with one attached hydrogen (secondary N) is 2. The number of piperidine rings is 1. The lowest BCUT2D eigenvalue weighted by molar-refractivity contribution is -0.123. The summed E-state index contributed by atoms with van der Waals surface area (Å²) < 4.78 is 0. The fourth-order valence-electron chi connectivity index (χ4n) is 3.46. The summed E-state index contributed by atoms with van der Waals surface area (Å²) in [6.07, 6.45) is 7.87. The summed E-state index contributed by atoms with van der Waals surface area (Å²) in [5.74, 6) is 0.512. The van der Waals surface area contributed by atoms with Crippen molar-refractivity contribution in [2.75, 3.05) is 13.1 Å². The Bertz CT molecular complexity index is 468. The molecule has 2 N–H and O–H groups in total. The second-order valence-corrected chi connectivity index (χ2v) is 6.34. The number of hydrogen-bond acceptors (Lipinski definition) is 3. The molecule has 0 aromatic carbocycles. The Balaban J connectivity index is 1.50. The van der Waals surface area contributed by atoms with Crippen molar-refractivity contribution in [2.45, 2.75) is 38.6 Å². The molecule has 1 spiro atoms. The van der Waals surface area contributed by atoms with E-state index >= 15 is 0 Å². The molecule has 1 aliphatic carbocycles. The van der Waals surface area contributed by atoms with Crippen LogP contribution in [-0.4, -0.2) is 30.0 Å². The average Bonchev–Trinajstić information content (AvgIpc) is 3.14. The molecule has 1 saturated carbocycles. The Morgan fingerprint density at radius 1 is 1.45 bits per heavy atom. The van der Waals surface area contributed by atoms with Crippen LogP contribution in [0.3, 0.4) is 0 Å². The van der Waals surface area contributed by atoms with Crippen LogP contribution in [0.4, 0.5) is 0 Å². The zero-order valence-corrected chi connectivity index (χ0v) is 12.1. The Morgan fingerprint density at radius 2 is 2.15 bits per heavy atom. The fourth-order valence-corrected chi connectivity index (χ4v) is 3.46. The lowest BCUT2D eigenvalue weighted by Gasteiger charge is -2.23. The molecule has 108 valence electrons. The Morgan fingerprint density at radius 3 is 2.85 bits per heavy atom. The van der Waals surface area contributed by atoms with Crippen molar-refractivity contribution >= 4 is 5.91 Å². The first-order valence-electron chi connectivity index (χ1n) is 7.60. The van der Waals surface area contributed by atoms with Gasteiger partial charge in [0.1, 0.15) is 0 Å². The number of pyridine rings is 1. The molecule has 1 aromatic heterocycles. The van der Waals surface area contributed by atoms with E-state index in [2.05, 4.69) is 22.5 Å². The second kappa shape index (κ2) is 5.52. The third-order valence-corrected chi connectivity index (χ3v) is 4.79. The van der Waals surface area contributed by atoms with E-state index in [1.54, 1.807) is 12.4 Å². The number of nitrogens with zero attached hydrogens (tertiary/aromatic N) is 1. The third kappa shape index (κ3) is 2.85. The van der Waals surface area contributed by atoms with Gasteiger partial charge in [-0.3, -0.25) is 9.78 Å². The van der Waals surface area contributed by atoms with Crippen molar-refractivity contribution in [1.82, 2.24) is 15.6 Å². The van der Waals surface area contributed by atoms with Gasteiger partial charge in [-0.1, -0.05) is 0 Å².